The maximum atomic E-state index is 6.25. The topological polar surface area (TPSA) is 9.23 Å². The zero-order valence-electron chi connectivity index (χ0n) is 13.2. The Morgan fingerprint density at radius 2 is 1.91 bits per heavy atom. The molecular weight excluding hydrogens is 300 g/mol. The quantitative estimate of drug-likeness (QED) is 0.632. The van der Waals surface area contributed by atoms with Crippen molar-refractivity contribution in [3.05, 3.63) is 102 Å². The SMILES string of the molecule is C=C(/C=C\C=C/C)C1=C(Oc2ccccc2)C2C=CC=CC2S1. The smallest absolute Gasteiger partial charge is 0.127 e. The number of hydrogen-bond donors (Lipinski definition) is 0. The lowest BCUT2D eigenvalue weighted by Gasteiger charge is -2.18. The van der Waals surface area contributed by atoms with Crippen molar-refractivity contribution in [3.8, 4) is 5.75 Å². The number of ether oxygens (including phenoxy) is 1. The fraction of sp³-hybridized carbons (Fsp3) is 0.143. The van der Waals surface area contributed by atoms with Crippen molar-refractivity contribution in [2.75, 3.05) is 0 Å². The molecule has 2 atom stereocenters. The molecule has 3 rings (SSSR count). The van der Waals surface area contributed by atoms with Gasteiger partial charge >= 0.3 is 0 Å². The summed E-state index contributed by atoms with van der Waals surface area (Å²) < 4.78 is 6.25. The Kier molecular flexibility index (Phi) is 5.04. The van der Waals surface area contributed by atoms with Gasteiger partial charge in [0.1, 0.15) is 11.5 Å². The van der Waals surface area contributed by atoms with Gasteiger partial charge in [0.2, 0.25) is 0 Å². The Labute approximate surface area is 142 Å². The normalized spacial score (nSPS) is 23.0. The van der Waals surface area contributed by atoms with Gasteiger partial charge in [-0.15, -0.1) is 11.8 Å². The third kappa shape index (κ3) is 3.59. The monoisotopic (exact) mass is 320 g/mol. The van der Waals surface area contributed by atoms with Crippen LogP contribution in [-0.2, 0) is 0 Å². The van der Waals surface area contributed by atoms with Gasteiger partial charge < -0.3 is 4.74 Å². The largest absolute Gasteiger partial charge is 0.460 e. The Bertz CT molecular complexity index is 719. The van der Waals surface area contributed by atoms with Gasteiger partial charge in [-0.3, -0.25) is 0 Å². The van der Waals surface area contributed by atoms with Crippen LogP contribution >= 0.6 is 11.8 Å². The Morgan fingerprint density at radius 3 is 2.70 bits per heavy atom. The van der Waals surface area contributed by atoms with E-state index in [4.69, 9.17) is 4.74 Å². The highest BCUT2D eigenvalue weighted by molar-refractivity contribution is 8.04. The van der Waals surface area contributed by atoms with E-state index in [2.05, 4.69) is 30.9 Å². The molecule has 116 valence electrons. The van der Waals surface area contributed by atoms with Crippen LogP contribution in [-0.4, -0.2) is 5.25 Å². The van der Waals surface area contributed by atoms with Crippen LogP contribution in [0.5, 0.6) is 5.75 Å². The Morgan fingerprint density at radius 1 is 1.13 bits per heavy atom. The van der Waals surface area contributed by atoms with E-state index in [1.165, 1.54) is 0 Å². The standard InChI is InChI=1S/C21H20OS/c1-3-4-6-11-16(2)21-20(22-17-12-7-5-8-13-17)18-14-9-10-15-19(18)23-21/h3-15,18-19H,2H2,1H3/b4-3-,11-6-. The average Bonchev–Trinajstić information content (AvgIpc) is 2.95. The number of benzene rings is 1. The number of para-hydroxylation sites is 1. The number of rotatable bonds is 5. The molecule has 2 aliphatic rings. The van der Waals surface area contributed by atoms with Crippen molar-refractivity contribution in [1.29, 1.82) is 0 Å². The summed E-state index contributed by atoms with van der Waals surface area (Å²) in [5.41, 5.74) is 0.996. The molecule has 1 aromatic rings. The van der Waals surface area contributed by atoms with Crippen LogP contribution in [0.15, 0.2) is 102 Å². The number of hydrogen-bond acceptors (Lipinski definition) is 2. The number of allylic oxidation sites excluding steroid dienone is 8. The molecule has 0 N–H and O–H groups in total. The zero-order valence-corrected chi connectivity index (χ0v) is 14.0. The molecule has 2 heteroatoms. The van der Waals surface area contributed by atoms with Crippen LogP contribution < -0.4 is 4.74 Å². The highest BCUT2D eigenvalue weighted by Gasteiger charge is 2.36. The summed E-state index contributed by atoms with van der Waals surface area (Å²) in [4.78, 5) is 1.14. The average molecular weight is 320 g/mol. The molecule has 1 aliphatic heterocycles. The van der Waals surface area contributed by atoms with Gasteiger partial charge in [-0.2, -0.15) is 0 Å². The van der Waals surface area contributed by atoms with Crippen LogP contribution in [0.3, 0.4) is 0 Å². The lowest BCUT2D eigenvalue weighted by Crippen LogP contribution is -2.15. The molecule has 0 spiro atoms. The third-order valence-corrected chi connectivity index (χ3v) is 5.15. The lowest BCUT2D eigenvalue weighted by molar-refractivity contribution is 0.378. The maximum absolute atomic E-state index is 6.25. The first-order valence-electron chi connectivity index (χ1n) is 7.77. The minimum atomic E-state index is 0.270. The summed E-state index contributed by atoms with van der Waals surface area (Å²) in [7, 11) is 0. The van der Waals surface area contributed by atoms with E-state index in [-0.39, 0.29) is 5.92 Å². The van der Waals surface area contributed by atoms with Crippen LogP contribution in [0.1, 0.15) is 6.92 Å². The first kappa shape index (κ1) is 15.7. The summed E-state index contributed by atoms with van der Waals surface area (Å²) in [5, 5.41) is 0.389. The molecule has 1 heterocycles. The molecule has 1 aliphatic carbocycles. The molecule has 0 radical (unpaired) electrons. The molecule has 1 nitrogen and oxygen atoms in total. The van der Waals surface area contributed by atoms with Gasteiger partial charge in [-0.1, -0.05) is 73.4 Å². The first-order chi connectivity index (χ1) is 11.3. The summed E-state index contributed by atoms with van der Waals surface area (Å²) in [6, 6.07) is 9.96. The predicted molar refractivity (Wildman–Crippen MR) is 100 cm³/mol. The van der Waals surface area contributed by atoms with E-state index in [1.54, 1.807) is 0 Å². The van der Waals surface area contributed by atoms with E-state index in [1.807, 2.05) is 73.3 Å². The van der Waals surface area contributed by atoms with E-state index >= 15 is 0 Å². The van der Waals surface area contributed by atoms with Crippen LogP contribution in [0.4, 0.5) is 0 Å². The van der Waals surface area contributed by atoms with Crippen molar-refractivity contribution in [2.45, 2.75) is 12.2 Å². The third-order valence-electron chi connectivity index (χ3n) is 3.73. The van der Waals surface area contributed by atoms with Gasteiger partial charge in [-0.25, -0.2) is 0 Å². The Balaban J connectivity index is 1.92. The first-order valence-corrected chi connectivity index (χ1v) is 8.65. The highest BCUT2D eigenvalue weighted by atomic mass is 32.2. The maximum Gasteiger partial charge on any atom is 0.127 e. The lowest BCUT2D eigenvalue weighted by atomic mass is 9.97. The number of fused-ring (bicyclic) bond motifs is 1. The summed E-state index contributed by atoms with van der Waals surface area (Å²) >= 11 is 1.83. The Hall–Kier alpha value is -2.19. The second-order valence-corrected chi connectivity index (χ2v) is 6.58. The van der Waals surface area contributed by atoms with E-state index in [9.17, 15) is 0 Å². The van der Waals surface area contributed by atoms with Crippen molar-refractivity contribution in [1.82, 2.24) is 0 Å². The molecular formula is C21H20OS. The van der Waals surface area contributed by atoms with Gasteiger partial charge in [0.15, 0.2) is 0 Å². The highest BCUT2D eigenvalue weighted by Crippen LogP contribution is 2.48. The molecule has 0 aromatic heterocycles. The van der Waals surface area contributed by atoms with Gasteiger partial charge in [0.25, 0.3) is 0 Å². The van der Waals surface area contributed by atoms with E-state index in [0.717, 1.165) is 22.0 Å². The van der Waals surface area contributed by atoms with Crippen molar-refractivity contribution in [3.63, 3.8) is 0 Å². The summed E-state index contributed by atoms with van der Waals surface area (Å²) in [5.74, 6) is 2.14. The summed E-state index contributed by atoms with van der Waals surface area (Å²) in [6.45, 7) is 6.24. The molecule has 0 saturated heterocycles. The minimum Gasteiger partial charge on any atom is -0.460 e. The fourth-order valence-electron chi connectivity index (χ4n) is 2.60. The molecule has 0 amide bonds. The van der Waals surface area contributed by atoms with Crippen molar-refractivity contribution >= 4 is 11.8 Å². The predicted octanol–water partition coefficient (Wildman–Crippen LogP) is 5.82. The molecule has 23 heavy (non-hydrogen) atoms. The van der Waals surface area contributed by atoms with Crippen molar-refractivity contribution in [2.24, 2.45) is 5.92 Å². The summed E-state index contributed by atoms with van der Waals surface area (Å²) in [6.07, 6.45) is 16.7. The van der Waals surface area contributed by atoms with Crippen LogP contribution in [0.2, 0.25) is 0 Å². The van der Waals surface area contributed by atoms with Crippen LogP contribution in [0.25, 0.3) is 0 Å². The molecule has 0 fully saturated rings. The van der Waals surface area contributed by atoms with Gasteiger partial charge in [0, 0.05) is 5.25 Å². The van der Waals surface area contributed by atoms with E-state index in [0.29, 0.717) is 5.25 Å². The number of thioether (sulfide) groups is 1. The zero-order chi connectivity index (χ0) is 16.1. The second kappa shape index (κ2) is 7.38. The fourth-order valence-corrected chi connectivity index (χ4v) is 3.92. The second-order valence-electron chi connectivity index (χ2n) is 5.40. The van der Waals surface area contributed by atoms with Gasteiger partial charge in [-0.05, 0) is 24.6 Å². The minimum absolute atomic E-state index is 0.270. The van der Waals surface area contributed by atoms with Crippen molar-refractivity contribution < 1.29 is 4.74 Å². The van der Waals surface area contributed by atoms with Crippen LogP contribution in [0, 0.1) is 5.92 Å². The molecule has 0 bridgehead atoms. The molecule has 1 aromatic carbocycles. The molecule has 0 saturated carbocycles. The van der Waals surface area contributed by atoms with E-state index < -0.39 is 0 Å². The van der Waals surface area contributed by atoms with Gasteiger partial charge in [0.05, 0.1) is 10.8 Å². The molecule has 2 unspecified atom stereocenters.